The minimum atomic E-state index is -3.25. The van der Waals surface area contributed by atoms with E-state index in [-0.39, 0.29) is 24.0 Å². The third kappa shape index (κ3) is 7.28. The number of piperazine rings is 1. The predicted octanol–water partition coefficient (Wildman–Crippen LogP) is 1.33. The van der Waals surface area contributed by atoms with Gasteiger partial charge >= 0.3 is 0 Å². The molecule has 1 heterocycles. The highest BCUT2D eigenvalue weighted by atomic mass is 127. The molecule has 0 radical (unpaired) electrons. The Morgan fingerprint density at radius 3 is 2.23 bits per heavy atom. The van der Waals surface area contributed by atoms with Crippen LogP contribution in [-0.2, 0) is 10.0 Å². The molecule has 9 heteroatoms. The summed E-state index contributed by atoms with van der Waals surface area (Å²) in [7, 11) is -1.50. The molecular formula is C17H30IN5O2S. The van der Waals surface area contributed by atoms with Crippen LogP contribution in [-0.4, -0.2) is 70.8 Å². The maximum Gasteiger partial charge on any atom is 0.209 e. The van der Waals surface area contributed by atoms with Crippen LogP contribution in [0.5, 0.6) is 0 Å². The van der Waals surface area contributed by atoms with Crippen LogP contribution >= 0.6 is 24.0 Å². The number of nitrogens with zero attached hydrogens (tertiary/aromatic N) is 3. The maximum absolute atomic E-state index is 11.4. The maximum atomic E-state index is 11.4. The van der Waals surface area contributed by atoms with E-state index >= 15 is 0 Å². The molecule has 1 saturated heterocycles. The quantitative estimate of drug-likeness (QED) is 0.366. The van der Waals surface area contributed by atoms with Gasteiger partial charge in [-0.25, -0.2) is 13.1 Å². The Bertz CT molecular complexity index is 686. The van der Waals surface area contributed by atoms with E-state index < -0.39 is 15.6 Å². The van der Waals surface area contributed by atoms with Crippen LogP contribution < -0.4 is 14.9 Å². The van der Waals surface area contributed by atoms with Crippen molar-refractivity contribution in [3.05, 3.63) is 30.3 Å². The lowest BCUT2D eigenvalue weighted by Gasteiger charge is -2.38. The van der Waals surface area contributed by atoms with Crippen molar-refractivity contribution in [3.8, 4) is 0 Å². The van der Waals surface area contributed by atoms with E-state index in [4.69, 9.17) is 0 Å². The van der Waals surface area contributed by atoms with Gasteiger partial charge in [0.05, 0.1) is 6.26 Å². The van der Waals surface area contributed by atoms with Crippen molar-refractivity contribution in [1.29, 1.82) is 0 Å². The standard InChI is InChI=1S/C17H29N5O2S.HI/c1-17(2,20-25(4,23)24)14-19-16(18-3)22-12-10-21(11-13-22)15-8-6-5-7-9-15;/h5-9,20H,10-14H2,1-4H3,(H,18,19);1H. The highest BCUT2D eigenvalue weighted by molar-refractivity contribution is 14.0. The van der Waals surface area contributed by atoms with Crippen LogP contribution in [0.1, 0.15) is 13.8 Å². The third-order valence-electron chi connectivity index (χ3n) is 4.06. The number of nitrogens with one attached hydrogen (secondary N) is 2. The van der Waals surface area contributed by atoms with Crippen molar-refractivity contribution in [3.63, 3.8) is 0 Å². The van der Waals surface area contributed by atoms with Gasteiger partial charge in [0.1, 0.15) is 0 Å². The van der Waals surface area contributed by atoms with Crippen LogP contribution in [0.3, 0.4) is 0 Å². The molecule has 0 amide bonds. The number of anilines is 1. The molecule has 1 aliphatic heterocycles. The molecule has 1 aromatic carbocycles. The monoisotopic (exact) mass is 495 g/mol. The molecule has 1 fully saturated rings. The molecule has 0 aliphatic carbocycles. The fourth-order valence-electron chi connectivity index (χ4n) is 2.99. The second-order valence-electron chi connectivity index (χ2n) is 6.97. The number of benzene rings is 1. The van der Waals surface area contributed by atoms with E-state index in [9.17, 15) is 8.42 Å². The summed E-state index contributed by atoms with van der Waals surface area (Å²) in [6.07, 6.45) is 1.17. The molecule has 148 valence electrons. The van der Waals surface area contributed by atoms with E-state index in [1.165, 1.54) is 11.9 Å². The molecule has 0 atom stereocenters. The smallest absolute Gasteiger partial charge is 0.209 e. The highest BCUT2D eigenvalue weighted by Crippen LogP contribution is 2.15. The van der Waals surface area contributed by atoms with Gasteiger partial charge in [0.25, 0.3) is 0 Å². The Morgan fingerprint density at radius 2 is 1.73 bits per heavy atom. The molecule has 7 nitrogen and oxygen atoms in total. The Labute approximate surface area is 174 Å². The van der Waals surface area contributed by atoms with Gasteiger partial charge in [0.15, 0.2) is 5.96 Å². The summed E-state index contributed by atoms with van der Waals surface area (Å²) < 4.78 is 25.5. The second kappa shape index (κ2) is 9.75. The second-order valence-corrected chi connectivity index (χ2v) is 8.72. The van der Waals surface area contributed by atoms with Gasteiger partial charge in [-0.1, -0.05) is 18.2 Å². The number of para-hydroxylation sites is 1. The highest BCUT2D eigenvalue weighted by Gasteiger charge is 2.25. The first kappa shape index (κ1) is 23.0. The van der Waals surface area contributed by atoms with E-state index in [1.54, 1.807) is 7.05 Å². The van der Waals surface area contributed by atoms with Gasteiger partial charge in [-0.15, -0.1) is 24.0 Å². The average Bonchev–Trinajstić information content (AvgIpc) is 2.54. The summed E-state index contributed by atoms with van der Waals surface area (Å²) in [6.45, 7) is 7.75. The molecular weight excluding hydrogens is 465 g/mol. The zero-order valence-corrected chi connectivity index (χ0v) is 19.0. The van der Waals surface area contributed by atoms with Crippen molar-refractivity contribution in [2.45, 2.75) is 19.4 Å². The topological polar surface area (TPSA) is 77.0 Å². The van der Waals surface area contributed by atoms with E-state index in [0.717, 1.165) is 32.1 Å². The molecule has 0 saturated carbocycles. The van der Waals surface area contributed by atoms with Gasteiger partial charge in [-0.3, -0.25) is 4.99 Å². The Morgan fingerprint density at radius 1 is 1.15 bits per heavy atom. The van der Waals surface area contributed by atoms with Crippen LogP contribution in [0.4, 0.5) is 5.69 Å². The fraction of sp³-hybridized carbons (Fsp3) is 0.588. The van der Waals surface area contributed by atoms with Gasteiger partial charge < -0.3 is 15.1 Å². The Hall–Kier alpha value is -1.07. The van der Waals surface area contributed by atoms with Crippen molar-refractivity contribution < 1.29 is 8.42 Å². The van der Waals surface area contributed by atoms with Crippen LogP contribution in [0.2, 0.25) is 0 Å². The molecule has 0 spiro atoms. The summed E-state index contributed by atoms with van der Waals surface area (Å²) in [5.74, 6) is 0.802. The summed E-state index contributed by atoms with van der Waals surface area (Å²) >= 11 is 0. The van der Waals surface area contributed by atoms with Gasteiger partial charge in [0, 0.05) is 51.0 Å². The molecule has 0 aromatic heterocycles. The van der Waals surface area contributed by atoms with E-state index in [0.29, 0.717) is 6.54 Å². The van der Waals surface area contributed by atoms with Crippen molar-refractivity contribution in [2.24, 2.45) is 4.99 Å². The molecule has 0 unspecified atom stereocenters. The third-order valence-corrected chi connectivity index (χ3v) is 4.99. The normalized spacial score (nSPS) is 16.2. The lowest BCUT2D eigenvalue weighted by atomic mass is 10.1. The average molecular weight is 495 g/mol. The SMILES string of the molecule is CN=C(NCC(C)(C)NS(C)(=O)=O)N1CCN(c2ccccc2)CC1.I. The Kier molecular flexibility index (Phi) is 8.61. The predicted molar refractivity (Wildman–Crippen MR) is 119 cm³/mol. The summed E-state index contributed by atoms with van der Waals surface area (Å²) in [5, 5.41) is 3.29. The lowest BCUT2D eigenvalue weighted by Crippen LogP contribution is -2.56. The van der Waals surface area contributed by atoms with Crippen LogP contribution in [0.25, 0.3) is 0 Å². The summed E-state index contributed by atoms with van der Waals surface area (Å²) in [4.78, 5) is 8.91. The minimum absolute atomic E-state index is 0. The zero-order chi connectivity index (χ0) is 18.5. The molecule has 2 rings (SSSR count). The largest absolute Gasteiger partial charge is 0.368 e. The van der Waals surface area contributed by atoms with Crippen molar-refractivity contribution in [1.82, 2.24) is 14.9 Å². The van der Waals surface area contributed by atoms with E-state index in [2.05, 4.69) is 49.1 Å². The summed E-state index contributed by atoms with van der Waals surface area (Å²) in [5.41, 5.74) is 0.652. The first-order chi connectivity index (χ1) is 11.7. The minimum Gasteiger partial charge on any atom is -0.368 e. The number of guanidine groups is 1. The van der Waals surface area contributed by atoms with Gasteiger partial charge in [0.2, 0.25) is 10.0 Å². The van der Waals surface area contributed by atoms with Crippen LogP contribution in [0.15, 0.2) is 35.3 Å². The fourth-order valence-corrected chi connectivity index (χ4v) is 4.06. The first-order valence-corrected chi connectivity index (χ1v) is 10.3. The number of aliphatic imine (C=N–C) groups is 1. The van der Waals surface area contributed by atoms with Gasteiger partial charge in [-0.2, -0.15) is 0 Å². The molecule has 1 aromatic rings. The number of sulfonamides is 1. The molecule has 2 N–H and O–H groups in total. The Balaban J connectivity index is 0.00000338. The number of hydrogen-bond acceptors (Lipinski definition) is 4. The molecule has 26 heavy (non-hydrogen) atoms. The lowest BCUT2D eigenvalue weighted by molar-refractivity contribution is 0.363. The summed E-state index contributed by atoms with van der Waals surface area (Å²) in [6, 6.07) is 10.4. The van der Waals surface area contributed by atoms with Gasteiger partial charge in [-0.05, 0) is 26.0 Å². The van der Waals surface area contributed by atoms with Crippen molar-refractivity contribution >= 4 is 45.6 Å². The number of rotatable bonds is 5. The zero-order valence-electron chi connectivity index (χ0n) is 15.9. The molecule has 0 bridgehead atoms. The van der Waals surface area contributed by atoms with Crippen molar-refractivity contribution in [2.75, 3.05) is 50.9 Å². The number of hydrogen-bond donors (Lipinski definition) is 2. The van der Waals surface area contributed by atoms with E-state index in [1.807, 2.05) is 19.9 Å². The van der Waals surface area contributed by atoms with Crippen LogP contribution in [0, 0.1) is 0 Å². The first-order valence-electron chi connectivity index (χ1n) is 8.45. The molecule has 1 aliphatic rings. The number of halogens is 1.